The Kier molecular flexibility index (Phi) is 6.92. The number of fused-ring (bicyclic) bond motifs is 9. The van der Waals surface area contributed by atoms with Crippen LogP contribution in [0.2, 0.25) is 0 Å². The third-order valence-corrected chi connectivity index (χ3v) is 11.2. The van der Waals surface area contributed by atoms with Gasteiger partial charge in [0.1, 0.15) is 11.5 Å². The van der Waals surface area contributed by atoms with Crippen LogP contribution in [0, 0.1) is 0 Å². The second kappa shape index (κ2) is 12.2. The fourth-order valence-corrected chi connectivity index (χ4v) is 8.70. The smallest absolute Gasteiger partial charge is 0.119 e. The normalized spacial score (nSPS) is 11.8. The van der Waals surface area contributed by atoms with E-state index in [-0.39, 0.29) is 0 Å². The lowest BCUT2D eigenvalue weighted by Gasteiger charge is -2.12. The molecule has 11 aromatic rings. The molecular weight excluding hydrogens is 675 g/mol. The van der Waals surface area contributed by atoms with Crippen molar-refractivity contribution in [3.05, 3.63) is 176 Å². The monoisotopic (exact) mass is 709 g/mol. The Morgan fingerprint density at radius 2 is 0.727 bits per heavy atom. The van der Waals surface area contributed by atoms with Crippen LogP contribution in [0.4, 0.5) is 0 Å². The van der Waals surface area contributed by atoms with Gasteiger partial charge in [-0.15, -0.1) is 0 Å². The van der Waals surface area contributed by atoms with E-state index in [1.807, 2.05) is 6.07 Å². The minimum atomic E-state index is 0.839. The SMILES string of the molecule is COc1ccc2c(c1)c1cc(-c3ccc4c5cc(OC)ccc5n(-c5ccc6c7ccccc7n(-c7ccccc7)c6c5)c4c3)ccc1n2-c1ccccc1. The lowest BCUT2D eigenvalue weighted by molar-refractivity contribution is 0.415. The summed E-state index contributed by atoms with van der Waals surface area (Å²) >= 11 is 0. The average molecular weight is 710 g/mol. The first-order valence-electron chi connectivity index (χ1n) is 18.6. The molecule has 0 aliphatic rings. The summed E-state index contributed by atoms with van der Waals surface area (Å²) in [4.78, 5) is 0. The summed E-state index contributed by atoms with van der Waals surface area (Å²) in [5.41, 5.74) is 12.6. The summed E-state index contributed by atoms with van der Waals surface area (Å²) < 4.78 is 18.6. The molecule has 3 heterocycles. The zero-order chi connectivity index (χ0) is 36.6. The number of nitrogens with zero attached hydrogens (tertiary/aromatic N) is 3. The molecule has 0 spiro atoms. The van der Waals surface area contributed by atoms with Crippen molar-refractivity contribution in [3.63, 3.8) is 0 Å². The Bertz CT molecular complexity index is 3280. The first-order chi connectivity index (χ1) is 27.2. The van der Waals surface area contributed by atoms with Crippen molar-refractivity contribution < 1.29 is 9.47 Å². The zero-order valence-corrected chi connectivity index (χ0v) is 30.4. The average Bonchev–Trinajstić information content (AvgIpc) is 3.88. The highest BCUT2D eigenvalue weighted by Crippen LogP contribution is 2.41. The van der Waals surface area contributed by atoms with Crippen molar-refractivity contribution in [1.82, 2.24) is 13.7 Å². The first kappa shape index (κ1) is 31.3. The number of hydrogen-bond donors (Lipinski definition) is 0. The number of hydrogen-bond acceptors (Lipinski definition) is 2. The summed E-state index contributed by atoms with van der Waals surface area (Å²) in [5, 5.41) is 7.13. The first-order valence-corrected chi connectivity index (χ1v) is 18.6. The second-order valence-electron chi connectivity index (χ2n) is 14.1. The molecule has 0 saturated carbocycles. The molecular formula is C50H35N3O2. The maximum Gasteiger partial charge on any atom is 0.119 e. The molecule has 8 aromatic carbocycles. The highest BCUT2D eigenvalue weighted by molar-refractivity contribution is 6.14. The lowest BCUT2D eigenvalue weighted by Crippen LogP contribution is -1.97. The maximum absolute atomic E-state index is 5.74. The van der Waals surface area contributed by atoms with Gasteiger partial charge in [0.25, 0.3) is 0 Å². The second-order valence-corrected chi connectivity index (χ2v) is 14.1. The Morgan fingerprint density at radius 1 is 0.291 bits per heavy atom. The number of rotatable bonds is 6. The minimum Gasteiger partial charge on any atom is -0.497 e. The number of para-hydroxylation sites is 3. The quantitative estimate of drug-likeness (QED) is 0.172. The van der Waals surface area contributed by atoms with E-state index in [0.717, 1.165) is 72.5 Å². The highest BCUT2D eigenvalue weighted by atomic mass is 16.5. The standard InChI is InChI=1S/C50H35N3O2/c1-54-37-20-25-47-43(30-37)41-22-17-33(32-18-24-46-42(27-32)44-31-38(55-2)21-26-48(44)51(46)34-11-5-3-6-12-34)28-49(41)53(47)36-19-23-40-39-15-9-10-16-45(39)52(50(40)29-36)35-13-7-4-8-14-35/h3-31H,1-2H3. The molecule has 55 heavy (non-hydrogen) atoms. The van der Waals surface area contributed by atoms with E-state index in [4.69, 9.17) is 9.47 Å². The largest absolute Gasteiger partial charge is 0.497 e. The third-order valence-electron chi connectivity index (χ3n) is 11.2. The molecule has 0 bridgehead atoms. The predicted molar refractivity (Wildman–Crippen MR) is 228 cm³/mol. The molecule has 0 N–H and O–H groups in total. The van der Waals surface area contributed by atoms with Crippen LogP contribution in [0.5, 0.6) is 11.5 Å². The van der Waals surface area contributed by atoms with Crippen molar-refractivity contribution in [1.29, 1.82) is 0 Å². The molecule has 0 fully saturated rings. The highest BCUT2D eigenvalue weighted by Gasteiger charge is 2.19. The van der Waals surface area contributed by atoms with Gasteiger partial charge in [0, 0.05) is 49.4 Å². The van der Waals surface area contributed by atoms with Gasteiger partial charge in [-0.25, -0.2) is 0 Å². The minimum absolute atomic E-state index is 0.839. The van der Waals surface area contributed by atoms with E-state index >= 15 is 0 Å². The summed E-state index contributed by atoms with van der Waals surface area (Å²) in [6.07, 6.45) is 0. The van der Waals surface area contributed by atoms with Crippen molar-refractivity contribution >= 4 is 65.4 Å². The molecule has 262 valence electrons. The molecule has 0 saturated heterocycles. The van der Waals surface area contributed by atoms with Crippen LogP contribution in [0.25, 0.3) is 93.6 Å². The predicted octanol–water partition coefficient (Wildman–Crippen LogP) is 12.7. The molecule has 0 radical (unpaired) electrons. The van der Waals surface area contributed by atoms with Gasteiger partial charge in [-0.05, 0) is 108 Å². The summed E-state index contributed by atoms with van der Waals surface area (Å²) in [6, 6.07) is 63.2. The van der Waals surface area contributed by atoms with E-state index < -0.39 is 0 Å². The number of benzene rings is 8. The summed E-state index contributed by atoms with van der Waals surface area (Å²) in [6.45, 7) is 0. The molecule has 5 nitrogen and oxygen atoms in total. The van der Waals surface area contributed by atoms with Crippen LogP contribution in [0.1, 0.15) is 0 Å². The van der Waals surface area contributed by atoms with Crippen molar-refractivity contribution in [2.24, 2.45) is 0 Å². The molecule has 0 atom stereocenters. The molecule has 0 amide bonds. The third kappa shape index (κ3) is 4.73. The van der Waals surface area contributed by atoms with Crippen LogP contribution in [0.15, 0.2) is 176 Å². The molecule has 5 heteroatoms. The van der Waals surface area contributed by atoms with Crippen LogP contribution in [0.3, 0.4) is 0 Å². The zero-order valence-electron chi connectivity index (χ0n) is 30.4. The van der Waals surface area contributed by atoms with Crippen molar-refractivity contribution in [2.45, 2.75) is 0 Å². The topological polar surface area (TPSA) is 33.2 Å². The van der Waals surface area contributed by atoms with Gasteiger partial charge in [-0.1, -0.05) is 78.9 Å². The van der Waals surface area contributed by atoms with E-state index in [9.17, 15) is 0 Å². The van der Waals surface area contributed by atoms with E-state index in [1.54, 1.807) is 14.2 Å². The van der Waals surface area contributed by atoms with Gasteiger partial charge >= 0.3 is 0 Å². The van der Waals surface area contributed by atoms with E-state index in [1.165, 1.54) is 32.6 Å². The van der Waals surface area contributed by atoms with Gasteiger partial charge in [-0.3, -0.25) is 0 Å². The van der Waals surface area contributed by atoms with Gasteiger partial charge in [0.2, 0.25) is 0 Å². The van der Waals surface area contributed by atoms with Gasteiger partial charge in [0.15, 0.2) is 0 Å². The van der Waals surface area contributed by atoms with Crippen LogP contribution >= 0.6 is 0 Å². The Hall–Kier alpha value is -7.24. The van der Waals surface area contributed by atoms with Crippen LogP contribution < -0.4 is 9.47 Å². The Morgan fingerprint density at radius 3 is 1.40 bits per heavy atom. The fourth-order valence-electron chi connectivity index (χ4n) is 8.70. The summed E-state index contributed by atoms with van der Waals surface area (Å²) in [7, 11) is 3.46. The van der Waals surface area contributed by atoms with Gasteiger partial charge < -0.3 is 23.2 Å². The van der Waals surface area contributed by atoms with Crippen molar-refractivity contribution in [3.8, 4) is 39.7 Å². The molecule has 0 unspecified atom stereocenters. The molecule has 11 rings (SSSR count). The van der Waals surface area contributed by atoms with Gasteiger partial charge in [0.05, 0.1) is 47.3 Å². The fraction of sp³-hybridized carbons (Fsp3) is 0.0400. The van der Waals surface area contributed by atoms with Crippen LogP contribution in [-0.4, -0.2) is 27.9 Å². The number of ether oxygens (including phenoxy) is 2. The van der Waals surface area contributed by atoms with Crippen LogP contribution in [-0.2, 0) is 0 Å². The number of aromatic nitrogens is 3. The number of methoxy groups -OCH3 is 2. The molecule has 0 aliphatic carbocycles. The van der Waals surface area contributed by atoms with E-state index in [2.05, 4.69) is 184 Å². The molecule has 0 aliphatic heterocycles. The van der Waals surface area contributed by atoms with Gasteiger partial charge in [-0.2, -0.15) is 0 Å². The van der Waals surface area contributed by atoms with Crippen molar-refractivity contribution in [2.75, 3.05) is 14.2 Å². The Balaban J connectivity index is 1.16. The Labute approximate surface area is 317 Å². The summed E-state index contributed by atoms with van der Waals surface area (Å²) in [5.74, 6) is 1.68. The van der Waals surface area contributed by atoms with E-state index in [0.29, 0.717) is 0 Å². The maximum atomic E-state index is 5.74. The molecule has 3 aromatic heterocycles. The lowest BCUT2D eigenvalue weighted by atomic mass is 10.0.